The lowest BCUT2D eigenvalue weighted by Gasteiger charge is -2.22. The van der Waals surface area contributed by atoms with E-state index in [0.29, 0.717) is 53.5 Å². The van der Waals surface area contributed by atoms with E-state index < -0.39 is 5.92 Å². The van der Waals surface area contributed by atoms with Gasteiger partial charge in [-0.25, -0.2) is 0 Å². The highest BCUT2D eigenvalue weighted by atomic mass is 35.5. The van der Waals surface area contributed by atoms with Crippen molar-refractivity contribution in [1.29, 1.82) is 0 Å². The van der Waals surface area contributed by atoms with Crippen molar-refractivity contribution < 1.29 is 23.8 Å². The van der Waals surface area contributed by atoms with Crippen LogP contribution in [0, 0.1) is 5.92 Å². The van der Waals surface area contributed by atoms with E-state index in [4.69, 9.17) is 25.8 Å². The van der Waals surface area contributed by atoms with Crippen LogP contribution in [0.1, 0.15) is 13.3 Å². The second kappa shape index (κ2) is 8.21. The maximum Gasteiger partial charge on any atom is 0.229 e. The quantitative estimate of drug-likeness (QED) is 0.807. The minimum Gasteiger partial charge on any atom is -0.492 e. The van der Waals surface area contributed by atoms with E-state index in [1.165, 1.54) is 0 Å². The van der Waals surface area contributed by atoms with Gasteiger partial charge in [0.1, 0.15) is 19.0 Å². The van der Waals surface area contributed by atoms with Crippen LogP contribution < -0.4 is 24.4 Å². The van der Waals surface area contributed by atoms with Crippen molar-refractivity contribution in [3.63, 3.8) is 0 Å². The van der Waals surface area contributed by atoms with Gasteiger partial charge in [0.05, 0.1) is 18.2 Å². The number of nitrogens with one attached hydrogen (secondary N) is 1. The van der Waals surface area contributed by atoms with Crippen LogP contribution in [0.15, 0.2) is 36.4 Å². The molecule has 2 heterocycles. The second-order valence-corrected chi connectivity index (χ2v) is 7.23. The zero-order valence-corrected chi connectivity index (χ0v) is 16.7. The summed E-state index contributed by atoms with van der Waals surface area (Å²) < 4.78 is 16.7. The molecule has 1 N–H and O–H groups in total. The van der Waals surface area contributed by atoms with Gasteiger partial charge in [-0.15, -0.1) is 0 Å². The Morgan fingerprint density at radius 3 is 2.79 bits per heavy atom. The third kappa shape index (κ3) is 4.10. The molecule has 0 radical (unpaired) electrons. The van der Waals surface area contributed by atoms with E-state index in [0.717, 1.165) is 0 Å². The average molecular weight is 417 g/mol. The summed E-state index contributed by atoms with van der Waals surface area (Å²) >= 11 is 6.05. The van der Waals surface area contributed by atoms with Gasteiger partial charge < -0.3 is 24.4 Å². The summed E-state index contributed by atoms with van der Waals surface area (Å²) in [5.74, 6) is 0.960. The molecule has 2 aromatic carbocycles. The van der Waals surface area contributed by atoms with Gasteiger partial charge in [0.15, 0.2) is 11.5 Å². The summed E-state index contributed by atoms with van der Waals surface area (Å²) in [6.07, 6.45) is 0.130. The molecule has 1 atom stereocenters. The molecule has 2 amide bonds. The van der Waals surface area contributed by atoms with E-state index in [-0.39, 0.29) is 24.8 Å². The van der Waals surface area contributed by atoms with Gasteiger partial charge in [-0.3, -0.25) is 9.59 Å². The molecule has 4 rings (SSSR count). The zero-order chi connectivity index (χ0) is 20.4. The molecule has 1 saturated heterocycles. The van der Waals surface area contributed by atoms with Crippen LogP contribution in [-0.4, -0.2) is 38.2 Å². The van der Waals surface area contributed by atoms with Crippen LogP contribution in [0.3, 0.4) is 0 Å². The molecule has 1 fully saturated rings. The number of hydrogen-bond acceptors (Lipinski definition) is 5. The first-order chi connectivity index (χ1) is 14.0. The highest BCUT2D eigenvalue weighted by Crippen LogP contribution is 2.36. The first kappa shape index (κ1) is 19.4. The number of carbonyl (C=O) groups excluding carboxylic acids is 2. The van der Waals surface area contributed by atoms with Gasteiger partial charge in [-0.2, -0.15) is 0 Å². The summed E-state index contributed by atoms with van der Waals surface area (Å²) in [5.41, 5.74) is 1.18. The Kier molecular flexibility index (Phi) is 5.49. The molecule has 8 heteroatoms. The Labute approximate surface area is 173 Å². The fraction of sp³-hybridized carbons (Fsp3) is 0.333. The summed E-state index contributed by atoms with van der Waals surface area (Å²) in [6.45, 7) is 3.59. The number of ether oxygens (including phenoxy) is 3. The Balaban J connectivity index is 1.48. The molecule has 1 unspecified atom stereocenters. The SMILES string of the molecule is CCOc1ccc(Cl)cc1NC(=O)C1CC(=O)N(c2ccc3c(c2)OCCO3)C1. The van der Waals surface area contributed by atoms with Gasteiger partial charge in [0, 0.05) is 29.7 Å². The topological polar surface area (TPSA) is 77.1 Å². The Morgan fingerprint density at radius 2 is 2.00 bits per heavy atom. The molecule has 0 aliphatic carbocycles. The zero-order valence-electron chi connectivity index (χ0n) is 15.9. The number of carbonyl (C=O) groups is 2. The predicted molar refractivity (Wildman–Crippen MR) is 109 cm³/mol. The van der Waals surface area contributed by atoms with Crippen molar-refractivity contribution >= 4 is 34.8 Å². The first-order valence-electron chi connectivity index (χ1n) is 9.48. The molecule has 0 saturated carbocycles. The first-order valence-corrected chi connectivity index (χ1v) is 9.86. The molecular weight excluding hydrogens is 396 g/mol. The van der Waals surface area contributed by atoms with Crippen LogP contribution >= 0.6 is 11.6 Å². The highest BCUT2D eigenvalue weighted by Gasteiger charge is 2.36. The van der Waals surface area contributed by atoms with E-state index in [2.05, 4.69) is 5.32 Å². The number of fused-ring (bicyclic) bond motifs is 1. The molecular formula is C21H21ClN2O5. The van der Waals surface area contributed by atoms with Crippen LogP contribution in [0.2, 0.25) is 5.02 Å². The lowest BCUT2D eigenvalue weighted by molar-refractivity contribution is -0.122. The lowest BCUT2D eigenvalue weighted by Crippen LogP contribution is -2.28. The Bertz CT molecular complexity index is 949. The monoisotopic (exact) mass is 416 g/mol. The molecule has 0 spiro atoms. The van der Waals surface area contributed by atoms with Crippen molar-refractivity contribution in [2.75, 3.05) is 36.6 Å². The lowest BCUT2D eigenvalue weighted by atomic mass is 10.1. The van der Waals surface area contributed by atoms with Gasteiger partial charge >= 0.3 is 0 Å². The molecule has 2 aromatic rings. The number of benzene rings is 2. The van der Waals surface area contributed by atoms with Gasteiger partial charge in [-0.1, -0.05) is 11.6 Å². The second-order valence-electron chi connectivity index (χ2n) is 6.80. The molecule has 7 nitrogen and oxygen atoms in total. The van der Waals surface area contributed by atoms with Gasteiger partial charge in [-0.05, 0) is 37.3 Å². The number of amides is 2. The minimum absolute atomic E-state index is 0.113. The summed E-state index contributed by atoms with van der Waals surface area (Å²) in [5, 5.41) is 3.34. The summed E-state index contributed by atoms with van der Waals surface area (Å²) in [6, 6.07) is 10.4. The standard InChI is InChI=1S/C21H21ClN2O5/c1-2-27-17-5-3-14(22)10-16(17)23-21(26)13-9-20(25)24(12-13)15-4-6-18-19(11-15)29-8-7-28-18/h3-6,10-11,13H,2,7-9,12H2,1H3,(H,23,26). The van der Waals surface area contributed by atoms with Gasteiger partial charge in [0.2, 0.25) is 11.8 Å². The Hall–Kier alpha value is -2.93. The maximum absolute atomic E-state index is 12.8. The smallest absolute Gasteiger partial charge is 0.229 e. The van der Waals surface area contributed by atoms with Crippen LogP contribution in [0.5, 0.6) is 17.2 Å². The number of nitrogens with zero attached hydrogens (tertiary/aromatic N) is 1. The number of hydrogen-bond donors (Lipinski definition) is 1. The van der Waals surface area contributed by atoms with E-state index in [1.807, 2.05) is 6.92 Å². The van der Waals surface area contributed by atoms with E-state index in [1.54, 1.807) is 41.3 Å². The van der Waals surface area contributed by atoms with Crippen molar-refractivity contribution in [2.45, 2.75) is 13.3 Å². The van der Waals surface area contributed by atoms with E-state index in [9.17, 15) is 9.59 Å². The van der Waals surface area contributed by atoms with Crippen LogP contribution in [-0.2, 0) is 9.59 Å². The fourth-order valence-electron chi connectivity index (χ4n) is 3.45. The average Bonchev–Trinajstić information content (AvgIpc) is 3.11. The number of anilines is 2. The maximum atomic E-state index is 12.8. The van der Waals surface area contributed by atoms with Crippen molar-refractivity contribution in [3.05, 3.63) is 41.4 Å². The van der Waals surface area contributed by atoms with E-state index >= 15 is 0 Å². The third-order valence-electron chi connectivity index (χ3n) is 4.83. The molecule has 0 bridgehead atoms. The molecule has 2 aliphatic heterocycles. The van der Waals surface area contributed by atoms with Crippen LogP contribution in [0.25, 0.3) is 0 Å². The largest absolute Gasteiger partial charge is 0.492 e. The molecule has 2 aliphatic rings. The summed E-state index contributed by atoms with van der Waals surface area (Å²) in [7, 11) is 0. The van der Waals surface area contributed by atoms with Crippen molar-refractivity contribution in [1.82, 2.24) is 0 Å². The summed E-state index contributed by atoms with van der Waals surface area (Å²) in [4.78, 5) is 27.0. The third-order valence-corrected chi connectivity index (χ3v) is 5.07. The minimum atomic E-state index is -0.482. The highest BCUT2D eigenvalue weighted by molar-refractivity contribution is 6.31. The van der Waals surface area contributed by atoms with Crippen molar-refractivity contribution in [2.24, 2.45) is 5.92 Å². The molecule has 29 heavy (non-hydrogen) atoms. The van der Waals surface area contributed by atoms with Crippen molar-refractivity contribution in [3.8, 4) is 17.2 Å². The number of rotatable bonds is 5. The number of halogens is 1. The molecule has 0 aromatic heterocycles. The van der Waals surface area contributed by atoms with Gasteiger partial charge in [0.25, 0.3) is 0 Å². The fourth-order valence-corrected chi connectivity index (χ4v) is 3.62. The predicted octanol–water partition coefficient (Wildman–Crippen LogP) is 3.50. The van der Waals surface area contributed by atoms with Crippen LogP contribution in [0.4, 0.5) is 11.4 Å². The molecule has 152 valence electrons. The Morgan fingerprint density at radius 1 is 1.21 bits per heavy atom. The normalized spacial score (nSPS) is 17.9.